The predicted octanol–water partition coefficient (Wildman–Crippen LogP) is 2.72. The number of halogens is 1. The highest BCUT2D eigenvalue weighted by Gasteiger charge is 2.12. The number of aromatic nitrogens is 1. The topological polar surface area (TPSA) is 77.2 Å². The molecule has 2 aromatic rings. The van der Waals surface area contributed by atoms with E-state index in [1.54, 1.807) is 13.2 Å². The second kappa shape index (κ2) is 6.36. The summed E-state index contributed by atoms with van der Waals surface area (Å²) in [6.07, 6.45) is 1.40. The Morgan fingerprint density at radius 2 is 2.25 bits per heavy atom. The molecule has 6 heteroatoms. The van der Waals surface area contributed by atoms with Crippen LogP contribution in [0, 0.1) is 0 Å². The van der Waals surface area contributed by atoms with Crippen molar-refractivity contribution in [2.24, 2.45) is 0 Å². The molecule has 1 aromatic carbocycles. The van der Waals surface area contributed by atoms with Crippen LogP contribution in [0.1, 0.15) is 15.9 Å². The molecule has 0 atom stereocenters. The van der Waals surface area contributed by atoms with Crippen LogP contribution in [0.2, 0.25) is 5.15 Å². The Labute approximate surface area is 121 Å². The van der Waals surface area contributed by atoms with Crippen LogP contribution < -0.4 is 11.1 Å². The van der Waals surface area contributed by atoms with E-state index >= 15 is 0 Å². The number of amides is 1. The Hall–Kier alpha value is -2.11. The van der Waals surface area contributed by atoms with Crippen molar-refractivity contribution in [1.82, 2.24) is 4.98 Å². The molecular formula is C14H14ClN3O2. The molecule has 2 rings (SSSR count). The van der Waals surface area contributed by atoms with E-state index in [-0.39, 0.29) is 16.6 Å². The SMILES string of the molecule is COCc1cccc(NC(=O)c2cc(N)cnc2Cl)c1. The third-order valence-electron chi connectivity index (χ3n) is 2.60. The molecule has 0 aliphatic heterocycles. The van der Waals surface area contributed by atoms with Gasteiger partial charge in [0.2, 0.25) is 0 Å². The largest absolute Gasteiger partial charge is 0.397 e. The summed E-state index contributed by atoms with van der Waals surface area (Å²) >= 11 is 5.89. The van der Waals surface area contributed by atoms with Gasteiger partial charge in [0, 0.05) is 12.8 Å². The first-order valence-corrected chi connectivity index (χ1v) is 6.28. The lowest BCUT2D eigenvalue weighted by molar-refractivity contribution is 0.102. The minimum Gasteiger partial charge on any atom is -0.397 e. The summed E-state index contributed by atoms with van der Waals surface area (Å²) in [6.45, 7) is 0.476. The molecule has 0 aliphatic rings. The van der Waals surface area contributed by atoms with E-state index in [0.29, 0.717) is 18.0 Å². The van der Waals surface area contributed by atoms with Crippen LogP contribution in [0.3, 0.4) is 0 Å². The fraction of sp³-hybridized carbons (Fsp3) is 0.143. The average molecular weight is 292 g/mol. The van der Waals surface area contributed by atoms with E-state index in [1.807, 2.05) is 18.2 Å². The summed E-state index contributed by atoms with van der Waals surface area (Å²) in [6, 6.07) is 8.85. The van der Waals surface area contributed by atoms with Crippen LogP contribution in [0.4, 0.5) is 11.4 Å². The second-order valence-electron chi connectivity index (χ2n) is 4.19. The van der Waals surface area contributed by atoms with Gasteiger partial charge in [0.05, 0.1) is 24.1 Å². The van der Waals surface area contributed by atoms with Gasteiger partial charge in [-0.05, 0) is 23.8 Å². The zero-order chi connectivity index (χ0) is 14.5. The molecule has 0 bridgehead atoms. The number of nitrogen functional groups attached to an aromatic ring is 1. The van der Waals surface area contributed by atoms with Crippen molar-refractivity contribution in [3.8, 4) is 0 Å². The molecule has 0 radical (unpaired) electrons. The van der Waals surface area contributed by atoms with Crippen molar-refractivity contribution in [2.45, 2.75) is 6.61 Å². The monoisotopic (exact) mass is 291 g/mol. The quantitative estimate of drug-likeness (QED) is 0.849. The number of methoxy groups -OCH3 is 1. The maximum absolute atomic E-state index is 12.1. The third-order valence-corrected chi connectivity index (χ3v) is 2.90. The highest BCUT2D eigenvalue weighted by atomic mass is 35.5. The maximum Gasteiger partial charge on any atom is 0.258 e. The molecule has 0 aliphatic carbocycles. The fourth-order valence-corrected chi connectivity index (χ4v) is 1.92. The maximum atomic E-state index is 12.1. The minimum absolute atomic E-state index is 0.116. The second-order valence-corrected chi connectivity index (χ2v) is 4.55. The van der Waals surface area contributed by atoms with E-state index in [2.05, 4.69) is 10.3 Å². The van der Waals surface area contributed by atoms with Crippen molar-refractivity contribution >= 4 is 28.9 Å². The van der Waals surface area contributed by atoms with Crippen molar-refractivity contribution in [3.63, 3.8) is 0 Å². The number of pyridine rings is 1. The zero-order valence-electron chi connectivity index (χ0n) is 10.9. The first-order valence-electron chi connectivity index (χ1n) is 5.90. The van der Waals surface area contributed by atoms with Crippen LogP contribution in [-0.2, 0) is 11.3 Å². The van der Waals surface area contributed by atoms with Crippen LogP contribution in [0.25, 0.3) is 0 Å². The van der Waals surface area contributed by atoms with Crippen LogP contribution in [0.15, 0.2) is 36.5 Å². The van der Waals surface area contributed by atoms with E-state index in [1.165, 1.54) is 12.3 Å². The Morgan fingerprint density at radius 3 is 3.00 bits per heavy atom. The van der Waals surface area contributed by atoms with E-state index in [0.717, 1.165) is 5.56 Å². The molecule has 3 N–H and O–H groups in total. The molecule has 1 aromatic heterocycles. The van der Waals surface area contributed by atoms with Crippen molar-refractivity contribution in [3.05, 3.63) is 52.8 Å². The number of nitrogens with one attached hydrogen (secondary N) is 1. The van der Waals surface area contributed by atoms with Gasteiger partial charge in [-0.2, -0.15) is 0 Å². The average Bonchev–Trinajstić information content (AvgIpc) is 2.42. The van der Waals surface area contributed by atoms with Crippen LogP contribution in [0.5, 0.6) is 0 Å². The van der Waals surface area contributed by atoms with E-state index in [4.69, 9.17) is 22.1 Å². The Bertz CT molecular complexity index is 632. The summed E-state index contributed by atoms with van der Waals surface area (Å²) in [5, 5.41) is 2.87. The first-order chi connectivity index (χ1) is 9.60. The molecule has 20 heavy (non-hydrogen) atoms. The van der Waals surface area contributed by atoms with Crippen molar-refractivity contribution < 1.29 is 9.53 Å². The molecule has 104 valence electrons. The fourth-order valence-electron chi connectivity index (χ4n) is 1.73. The van der Waals surface area contributed by atoms with Gasteiger partial charge >= 0.3 is 0 Å². The number of carbonyl (C=O) groups is 1. The number of carbonyl (C=O) groups excluding carboxylic acids is 1. The number of nitrogens with zero attached hydrogens (tertiary/aromatic N) is 1. The zero-order valence-corrected chi connectivity index (χ0v) is 11.6. The molecule has 1 amide bonds. The van der Waals surface area contributed by atoms with Gasteiger partial charge in [-0.1, -0.05) is 23.7 Å². The summed E-state index contributed by atoms with van der Waals surface area (Å²) in [7, 11) is 1.61. The number of anilines is 2. The summed E-state index contributed by atoms with van der Waals surface area (Å²) in [5.41, 5.74) is 7.84. The normalized spacial score (nSPS) is 10.3. The van der Waals surface area contributed by atoms with E-state index < -0.39 is 0 Å². The summed E-state index contributed by atoms with van der Waals surface area (Å²) in [4.78, 5) is 16.0. The minimum atomic E-state index is -0.357. The molecule has 0 saturated carbocycles. The molecule has 0 unspecified atom stereocenters. The lowest BCUT2D eigenvalue weighted by Crippen LogP contribution is -2.13. The van der Waals surface area contributed by atoms with Gasteiger partial charge in [-0.25, -0.2) is 4.98 Å². The predicted molar refractivity (Wildman–Crippen MR) is 78.8 cm³/mol. The number of rotatable bonds is 4. The number of hydrogen-bond donors (Lipinski definition) is 2. The number of hydrogen-bond acceptors (Lipinski definition) is 4. The molecule has 0 saturated heterocycles. The Balaban J connectivity index is 2.19. The number of nitrogens with two attached hydrogens (primary N) is 1. The van der Waals surface area contributed by atoms with Gasteiger partial charge < -0.3 is 15.8 Å². The smallest absolute Gasteiger partial charge is 0.258 e. The lowest BCUT2D eigenvalue weighted by atomic mass is 10.2. The summed E-state index contributed by atoms with van der Waals surface area (Å²) in [5.74, 6) is -0.357. The molecule has 1 heterocycles. The standard InChI is InChI=1S/C14H14ClN3O2/c1-20-8-9-3-2-4-11(5-9)18-14(19)12-6-10(16)7-17-13(12)15/h2-7H,8,16H2,1H3,(H,18,19). The first kappa shape index (κ1) is 14.3. The Kier molecular flexibility index (Phi) is 4.55. The van der Waals surface area contributed by atoms with Crippen molar-refractivity contribution in [1.29, 1.82) is 0 Å². The van der Waals surface area contributed by atoms with Gasteiger partial charge in [-0.15, -0.1) is 0 Å². The third kappa shape index (κ3) is 3.46. The van der Waals surface area contributed by atoms with Gasteiger partial charge in [0.1, 0.15) is 5.15 Å². The number of ether oxygens (including phenoxy) is 1. The molecular weight excluding hydrogens is 278 g/mol. The molecule has 0 spiro atoms. The molecule has 5 nitrogen and oxygen atoms in total. The van der Waals surface area contributed by atoms with Gasteiger partial charge in [0.15, 0.2) is 0 Å². The highest BCUT2D eigenvalue weighted by molar-refractivity contribution is 6.33. The van der Waals surface area contributed by atoms with Crippen molar-refractivity contribution in [2.75, 3.05) is 18.2 Å². The summed E-state index contributed by atoms with van der Waals surface area (Å²) < 4.78 is 5.05. The van der Waals surface area contributed by atoms with E-state index in [9.17, 15) is 4.79 Å². The van der Waals surface area contributed by atoms with Crippen LogP contribution in [-0.4, -0.2) is 18.0 Å². The van der Waals surface area contributed by atoms with Crippen LogP contribution >= 0.6 is 11.6 Å². The Morgan fingerprint density at radius 1 is 1.45 bits per heavy atom. The lowest BCUT2D eigenvalue weighted by Gasteiger charge is -2.08. The molecule has 0 fully saturated rings. The number of benzene rings is 1. The van der Waals surface area contributed by atoms with Gasteiger partial charge in [0.25, 0.3) is 5.91 Å². The van der Waals surface area contributed by atoms with Gasteiger partial charge in [-0.3, -0.25) is 4.79 Å². The highest BCUT2D eigenvalue weighted by Crippen LogP contribution is 2.18.